The Balaban J connectivity index is 0.000000687. The Labute approximate surface area is 167 Å². The summed E-state index contributed by atoms with van der Waals surface area (Å²) in [5.74, 6) is -0.0879. The Morgan fingerprint density at radius 3 is 2.69 bits per heavy atom. The van der Waals surface area contributed by atoms with Crippen LogP contribution >= 0.6 is 0 Å². The third kappa shape index (κ3) is 6.21. The normalized spacial score (nSPS) is 12.6. The summed E-state index contributed by atoms with van der Waals surface area (Å²) in [5.41, 5.74) is 13.9. The summed E-state index contributed by atoms with van der Waals surface area (Å²) < 4.78 is 0. The van der Waals surface area contributed by atoms with Gasteiger partial charge in [-0.3, -0.25) is 10.2 Å². The molecule has 1 aromatic carbocycles. The molecule has 3 rings (SSSR count). The van der Waals surface area contributed by atoms with E-state index in [1.54, 1.807) is 48.7 Å². The van der Waals surface area contributed by atoms with Gasteiger partial charge in [0.25, 0.3) is 5.97 Å². The number of nitrogens with one attached hydrogen (secondary N) is 2. The van der Waals surface area contributed by atoms with E-state index >= 15 is 0 Å². The molecule has 2 aromatic rings. The molecular formula is C20H22N6O3. The number of nitrogens with two attached hydrogens (primary N) is 2. The van der Waals surface area contributed by atoms with E-state index in [2.05, 4.69) is 15.3 Å². The average Bonchev–Trinajstić information content (AvgIpc) is 2.87. The van der Waals surface area contributed by atoms with Crippen LogP contribution in [0, 0.1) is 5.41 Å². The Kier molecular flexibility index (Phi) is 7.08. The van der Waals surface area contributed by atoms with Crippen molar-refractivity contribution in [1.29, 1.82) is 5.41 Å². The van der Waals surface area contributed by atoms with Gasteiger partial charge in [-0.15, -0.1) is 0 Å². The van der Waals surface area contributed by atoms with Crippen molar-refractivity contribution in [2.24, 2.45) is 0 Å². The van der Waals surface area contributed by atoms with Crippen LogP contribution in [0.5, 0.6) is 0 Å². The van der Waals surface area contributed by atoms with Gasteiger partial charge in [0, 0.05) is 35.6 Å². The molecule has 0 fully saturated rings. The number of carboxylic acids is 1. The van der Waals surface area contributed by atoms with Gasteiger partial charge in [-0.2, -0.15) is 4.98 Å². The highest BCUT2D eigenvalue weighted by Crippen LogP contribution is 2.26. The van der Waals surface area contributed by atoms with Crippen molar-refractivity contribution in [2.75, 3.05) is 16.8 Å². The molecule has 1 aliphatic carbocycles. The lowest BCUT2D eigenvalue weighted by atomic mass is 9.98. The number of hydrogen-bond acceptors (Lipinski definition) is 8. The molecule has 1 heterocycles. The van der Waals surface area contributed by atoms with Crippen LogP contribution in [0.1, 0.15) is 18.9 Å². The maximum atomic E-state index is 10.1. The van der Waals surface area contributed by atoms with Crippen LogP contribution in [-0.4, -0.2) is 31.9 Å². The second-order valence-corrected chi connectivity index (χ2v) is 5.95. The van der Waals surface area contributed by atoms with Crippen molar-refractivity contribution in [3.8, 4) is 0 Å². The number of carboxylic acid groups (broad SMARTS) is 1. The second-order valence-electron chi connectivity index (χ2n) is 5.95. The van der Waals surface area contributed by atoms with Crippen molar-refractivity contribution >= 4 is 34.8 Å². The molecule has 0 spiro atoms. The van der Waals surface area contributed by atoms with Crippen LogP contribution in [0.4, 0.5) is 23.1 Å². The Morgan fingerprint density at radius 2 is 2.00 bits per heavy atom. The van der Waals surface area contributed by atoms with Crippen molar-refractivity contribution in [3.05, 3.63) is 71.7 Å². The van der Waals surface area contributed by atoms with Gasteiger partial charge in [-0.1, -0.05) is 18.2 Å². The molecular weight excluding hydrogens is 372 g/mol. The lowest BCUT2D eigenvalue weighted by molar-refractivity contribution is -0.134. The van der Waals surface area contributed by atoms with Crippen LogP contribution in [0.2, 0.25) is 0 Å². The summed E-state index contributed by atoms with van der Waals surface area (Å²) in [7, 11) is 0. The SMILES string of the molecule is CC(=O)O.N=C(C1=CCC=CC=C1O)c1cc(Nc2ccnc(N)n2)ccc1N. The van der Waals surface area contributed by atoms with E-state index < -0.39 is 5.97 Å². The highest BCUT2D eigenvalue weighted by Gasteiger charge is 2.16. The lowest BCUT2D eigenvalue weighted by Gasteiger charge is -2.13. The van der Waals surface area contributed by atoms with Crippen LogP contribution < -0.4 is 16.8 Å². The number of allylic oxidation sites excluding steroid dienone is 5. The van der Waals surface area contributed by atoms with Crippen molar-refractivity contribution in [2.45, 2.75) is 13.3 Å². The van der Waals surface area contributed by atoms with Gasteiger partial charge in [0.1, 0.15) is 11.6 Å². The molecule has 0 bridgehead atoms. The average molecular weight is 394 g/mol. The molecule has 9 heteroatoms. The number of nitrogens with zero attached hydrogens (tertiary/aromatic N) is 2. The van der Waals surface area contributed by atoms with E-state index in [-0.39, 0.29) is 17.4 Å². The summed E-state index contributed by atoms with van der Waals surface area (Å²) in [4.78, 5) is 16.9. The summed E-state index contributed by atoms with van der Waals surface area (Å²) in [6.07, 6.45) is 9.20. The number of aromatic nitrogens is 2. The van der Waals surface area contributed by atoms with E-state index in [9.17, 15) is 5.11 Å². The fourth-order valence-electron chi connectivity index (χ4n) is 2.44. The van der Waals surface area contributed by atoms with Gasteiger partial charge in [0.05, 0.1) is 5.71 Å². The van der Waals surface area contributed by atoms with Crippen LogP contribution in [0.25, 0.3) is 0 Å². The second kappa shape index (κ2) is 9.70. The van der Waals surface area contributed by atoms with E-state index in [4.69, 9.17) is 26.8 Å². The minimum Gasteiger partial charge on any atom is -0.507 e. The number of hydrogen-bond donors (Lipinski definition) is 6. The molecule has 0 amide bonds. The number of nitrogen functional groups attached to an aromatic ring is 2. The highest BCUT2D eigenvalue weighted by molar-refractivity contribution is 6.16. The molecule has 8 N–H and O–H groups in total. The first kappa shape index (κ1) is 21.2. The quantitative estimate of drug-likeness (QED) is 0.339. The maximum Gasteiger partial charge on any atom is 0.300 e. The number of aliphatic hydroxyl groups excluding tert-OH is 1. The number of aliphatic hydroxyl groups is 1. The number of benzene rings is 1. The van der Waals surface area contributed by atoms with E-state index in [0.717, 1.165) is 6.92 Å². The van der Waals surface area contributed by atoms with Crippen molar-refractivity contribution in [1.82, 2.24) is 9.97 Å². The predicted octanol–water partition coefficient (Wildman–Crippen LogP) is 3.17. The first-order valence-corrected chi connectivity index (χ1v) is 8.58. The van der Waals surface area contributed by atoms with E-state index in [1.165, 1.54) is 0 Å². The van der Waals surface area contributed by atoms with Gasteiger partial charge in [-0.25, -0.2) is 4.98 Å². The van der Waals surface area contributed by atoms with E-state index in [1.807, 2.05) is 6.08 Å². The summed E-state index contributed by atoms with van der Waals surface area (Å²) in [6.45, 7) is 1.08. The molecule has 0 atom stereocenters. The molecule has 0 unspecified atom stereocenters. The molecule has 0 saturated carbocycles. The Bertz CT molecular complexity index is 1010. The standard InChI is InChI=1S/C18H18N6O.C2H4O2/c19-14-7-6-11(23-16-8-9-22-18(21)24-16)10-13(14)17(20)12-4-2-1-3-5-15(12)25;1-2(3)4/h1,3-10,20,25H,2,19H2,(H3,21,22,23,24);1H3,(H,3,4). The van der Waals surface area contributed by atoms with Gasteiger partial charge in [0.2, 0.25) is 5.95 Å². The van der Waals surface area contributed by atoms with Crippen LogP contribution in [0.15, 0.2) is 66.1 Å². The monoisotopic (exact) mass is 394 g/mol. The highest BCUT2D eigenvalue weighted by atomic mass is 16.4. The third-order valence-corrected chi connectivity index (χ3v) is 3.66. The number of anilines is 4. The predicted molar refractivity (Wildman–Crippen MR) is 113 cm³/mol. The fraction of sp³-hybridized carbons (Fsp3) is 0.100. The smallest absolute Gasteiger partial charge is 0.300 e. The minimum atomic E-state index is -0.833. The minimum absolute atomic E-state index is 0.0417. The first-order chi connectivity index (χ1) is 13.8. The molecule has 9 nitrogen and oxygen atoms in total. The van der Waals surface area contributed by atoms with Crippen LogP contribution in [-0.2, 0) is 4.79 Å². The zero-order valence-electron chi connectivity index (χ0n) is 15.8. The number of aliphatic carboxylic acids is 1. The molecule has 1 aliphatic rings. The van der Waals surface area contributed by atoms with Crippen molar-refractivity contribution < 1.29 is 15.0 Å². The largest absolute Gasteiger partial charge is 0.507 e. The van der Waals surface area contributed by atoms with Gasteiger partial charge in [-0.05, 0) is 36.8 Å². The molecule has 150 valence electrons. The van der Waals surface area contributed by atoms with Gasteiger partial charge in [0.15, 0.2) is 0 Å². The molecule has 1 aromatic heterocycles. The lowest BCUT2D eigenvalue weighted by Crippen LogP contribution is -2.10. The Morgan fingerprint density at radius 1 is 1.28 bits per heavy atom. The number of carbonyl (C=O) groups is 1. The molecule has 0 radical (unpaired) electrons. The zero-order valence-corrected chi connectivity index (χ0v) is 15.8. The summed E-state index contributed by atoms with van der Waals surface area (Å²) >= 11 is 0. The topological polar surface area (TPSA) is 171 Å². The van der Waals surface area contributed by atoms with Gasteiger partial charge >= 0.3 is 0 Å². The fourth-order valence-corrected chi connectivity index (χ4v) is 2.44. The van der Waals surface area contributed by atoms with Crippen LogP contribution in [0.3, 0.4) is 0 Å². The third-order valence-electron chi connectivity index (χ3n) is 3.66. The number of rotatable bonds is 4. The Hall–Kier alpha value is -4.14. The zero-order chi connectivity index (χ0) is 21.4. The van der Waals surface area contributed by atoms with Gasteiger partial charge < -0.3 is 27.0 Å². The van der Waals surface area contributed by atoms with E-state index in [0.29, 0.717) is 34.8 Å². The molecule has 29 heavy (non-hydrogen) atoms. The molecule has 0 aliphatic heterocycles. The molecule has 0 saturated heterocycles. The summed E-state index contributed by atoms with van der Waals surface area (Å²) in [5, 5.41) is 29.1. The first-order valence-electron chi connectivity index (χ1n) is 8.58. The summed E-state index contributed by atoms with van der Waals surface area (Å²) in [6, 6.07) is 6.91. The van der Waals surface area contributed by atoms with Crippen molar-refractivity contribution in [3.63, 3.8) is 0 Å². The maximum absolute atomic E-state index is 10.1.